The second kappa shape index (κ2) is 12.6. The molecule has 0 amide bonds. The fourth-order valence-electron chi connectivity index (χ4n) is 4.80. The largest absolute Gasteiger partial charge is 0.497 e. The zero-order valence-electron chi connectivity index (χ0n) is 24.2. The minimum atomic E-state index is -0.913. The molecular formula is C35H34O7. The van der Waals surface area contributed by atoms with Crippen molar-refractivity contribution in [3.05, 3.63) is 114 Å². The summed E-state index contributed by atoms with van der Waals surface area (Å²) in [4.78, 5) is 25.5. The van der Waals surface area contributed by atoms with Crippen LogP contribution in [-0.2, 0) is 18.9 Å². The number of carbonyl (C=O) groups is 2. The van der Waals surface area contributed by atoms with Gasteiger partial charge in [-0.05, 0) is 79.4 Å². The van der Waals surface area contributed by atoms with Gasteiger partial charge in [-0.25, -0.2) is 9.59 Å². The third-order valence-corrected chi connectivity index (χ3v) is 7.09. The first kappa shape index (κ1) is 29.0. The Bertz CT molecular complexity index is 1510. The minimum absolute atomic E-state index is 0.0409. The Morgan fingerprint density at radius 2 is 0.976 bits per heavy atom. The molecule has 42 heavy (non-hydrogen) atoms. The van der Waals surface area contributed by atoms with Gasteiger partial charge in [0, 0.05) is 0 Å². The van der Waals surface area contributed by atoms with Gasteiger partial charge in [0.25, 0.3) is 0 Å². The van der Waals surface area contributed by atoms with Crippen LogP contribution in [0.15, 0.2) is 97.1 Å². The normalized spacial score (nSPS) is 17.4. The van der Waals surface area contributed by atoms with Gasteiger partial charge in [0.15, 0.2) is 5.79 Å². The van der Waals surface area contributed by atoms with Gasteiger partial charge in [0.2, 0.25) is 0 Å². The number of esters is 2. The highest BCUT2D eigenvalue weighted by Crippen LogP contribution is 2.29. The van der Waals surface area contributed by atoms with Crippen LogP contribution in [0.1, 0.15) is 40.1 Å². The van der Waals surface area contributed by atoms with Crippen LogP contribution >= 0.6 is 0 Å². The van der Waals surface area contributed by atoms with Crippen molar-refractivity contribution in [2.45, 2.75) is 38.8 Å². The third-order valence-electron chi connectivity index (χ3n) is 7.09. The highest BCUT2D eigenvalue weighted by molar-refractivity contribution is 5.90. The van der Waals surface area contributed by atoms with Crippen LogP contribution < -0.4 is 4.74 Å². The summed E-state index contributed by atoms with van der Waals surface area (Å²) in [5, 5.41) is 0. The molecule has 7 heteroatoms. The number of aryl methyl sites for hydroxylation is 1. The third kappa shape index (κ3) is 7.05. The predicted octanol–water partition coefficient (Wildman–Crippen LogP) is 6.87. The van der Waals surface area contributed by atoms with Crippen molar-refractivity contribution in [1.29, 1.82) is 0 Å². The van der Waals surface area contributed by atoms with E-state index in [1.165, 1.54) is 5.56 Å². The average Bonchev–Trinajstić information content (AvgIpc) is 3.32. The summed E-state index contributed by atoms with van der Waals surface area (Å²) < 4.78 is 28.2. The monoisotopic (exact) mass is 566 g/mol. The topological polar surface area (TPSA) is 80.3 Å². The Hall–Kier alpha value is -4.46. The van der Waals surface area contributed by atoms with E-state index in [0.717, 1.165) is 28.0 Å². The molecule has 1 fully saturated rings. The predicted molar refractivity (Wildman–Crippen MR) is 159 cm³/mol. The summed E-state index contributed by atoms with van der Waals surface area (Å²) in [7, 11) is 1.63. The van der Waals surface area contributed by atoms with Gasteiger partial charge < -0.3 is 23.7 Å². The Labute approximate surface area is 246 Å². The first-order valence-corrected chi connectivity index (χ1v) is 13.8. The number of carbonyl (C=O) groups excluding carboxylic acids is 2. The molecule has 4 aromatic carbocycles. The maximum absolute atomic E-state index is 12.8. The Morgan fingerprint density at radius 1 is 0.619 bits per heavy atom. The molecule has 0 spiro atoms. The van der Waals surface area contributed by atoms with Crippen molar-refractivity contribution in [2.75, 3.05) is 20.3 Å². The van der Waals surface area contributed by atoms with Crippen LogP contribution in [0, 0.1) is 6.92 Å². The van der Waals surface area contributed by atoms with Crippen molar-refractivity contribution < 1.29 is 33.3 Å². The quantitative estimate of drug-likeness (QED) is 0.205. The van der Waals surface area contributed by atoms with Crippen molar-refractivity contribution in [3.63, 3.8) is 0 Å². The molecule has 0 aromatic heterocycles. The Balaban J connectivity index is 1.15. The van der Waals surface area contributed by atoms with E-state index in [0.29, 0.717) is 11.1 Å². The van der Waals surface area contributed by atoms with Crippen LogP contribution in [0.3, 0.4) is 0 Å². The van der Waals surface area contributed by atoms with E-state index in [1.807, 2.05) is 67.6 Å². The summed E-state index contributed by atoms with van der Waals surface area (Å²) >= 11 is 0. The molecule has 1 aliphatic heterocycles. The lowest BCUT2D eigenvalue weighted by atomic mass is 10.0. The first-order chi connectivity index (χ1) is 20.2. The van der Waals surface area contributed by atoms with Gasteiger partial charge in [-0.3, -0.25) is 0 Å². The molecule has 5 rings (SSSR count). The molecule has 2 atom stereocenters. The van der Waals surface area contributed by atoms with Gasteiger partial charge in [0.1, 0.15) is 31.2 Å². The number of methoxy groups -OCH3 is 1. The fraction of sp³-hybridized carbons (Fsp3) is 0.257. The lowest BCUT2D eigenvalue weighted by Gasteiger charge is -2.17. The maximum atomic E-state index is 12.8. The molecule has 0 radical (unpaired) electrons. The lowest BCUT2D eigenvalue weighted by molar-refractivity contribution is -0.151. The number of rotatable bonds is 9. The second-order valence-electron chi connectivity index (χ2n) is 10.7. The van der Waals surface area contributed by atoms with E-state index in [9.17, 15) is 9.59 Å². The zero-order chi connectivity index (χ0) is 29.7. The van der Waals surface area contributed by atoms with Gasteiger partial charge in [-0.1, -0.05) is 66.2 Å². The number of hydrogen-bond donors (Lipinski definition) is 0. The van der Waals surface area contributed by atoms with Crippen molar-refractivity contribution in [2.24, 2.45) is 0 Å². The maximum Gasteiger partial charge on any atom is 0.338 e. The van der Waals surface area contributed by atoms with Gasteiger partial charge >= 0.3 is 11.9 Å². The zero-order valence-corrected chi connectivity index (χ0v) is 24.2. The van der Waals surface area contributed by atoms with Gasteiger partial charge in [-0.2, -0.15) is 0 Å². The molecule has 0 bridgehead atoms. The van der Waals surface area contributed by atoms with E-state index in [1.54, 1.807) is 45.2 Å². The van der Waals surface area contributed by atoms with Crippen LogP contribution in [-0.4, -0.2) is 50.3 Å². The van der Waals surface area contributed by atoms with Crippen LogP contribution in [0.4, 0.5) is 0 Å². The fourth-order valence-corrected chi connectivity index (χ4v) is 4.80. The van der Waals surface area contributed by atoms with E-state index >= 15 is 0 Å². The van der Waals surface area contributed by atoms with Gasteiger partial charge in [-0.15, -0.1) is 0 Å². The number of benzene rings is 4. The van der Waals surface area contributed by atoms with E-state index in [-0.39, 0.29) is 13.2 Å². The van der Waals surface area contributed by atoms with E-state index < -0.39 is 29.9 Å². The summed E-state index contributed by atoms with van der Waals surface area (Å²) in [6, 6.07) is 30.3. The molecule has 1 saturated heterocycles. The van der Waals surface area contributed by atoms with Crippen LogP contribution in [0.25, 0.3) is 22.3 Å². The van der Waals surface area contributed by atoms with Crippen LogP contribution in [0.2, 0.25) is 0 Å². The highest BCUT2D eigenvalue weighted by atomic mass is 16.8. The summed E-state index contributed by atoms with van der Waals surface area (Å²) in [5.74, 6) is -1.08. The number of hydrogen-bond acceptors (Lipinski definition) is 7. The SMILES string of the molecule is COc1ccc(-c2ccc(C(=O)OC[C@H]3OC(C)(C)O[C@@H]3COC(=O)c3ccc(-c4ccc(C)cc4)cc3)cc2)cc1. The van der Waals surface area contributed by atoms with Crippen molar-refractivity contribution in [1.82, 2.24) is 0 Å². The van der Waals surface area contributed by atoms with E-state index in [4.69, 9.17) is 23.7 Å². The minimum Gasteiger partial charge on any atom is -0.497 e. The lowest BCUT2D eigenvalue weighted by Crippen LogP contribution is -2.33. The Kier molecular flexibility index (Phi) is 8.71. The molecule has 4 aromatic rings. The second-order valence-corrected chi connectivity index (χ2v) is 10.7. The molecule has 0 unspecified atom stereocenters. The van der Waals surface area contributed by atoms with Crippen LogP contribution in [0.5, 0.6) is 5.75 Å². The standard InChI is InChI=1S/C35H34O7/c1-23-5-7-24(8-6-23)25-9-13-28(14-10-25)33(36)39-21-31-32(42-35(2,3)41-31)22-40-34(37)29-15-11-26(12-16-29)27-17-19-30(38-4)20-18-27/h5-20,31-32H,21-22H2,1-4H3/t31-,32-/m1/s1. The molecule has 1 heterocycles. The molecule has 0 N–H and O–H groups in total. The molecule has 216 valence electrons. The van der Waals surface area contributed by atoms with E-state index in [2.05, 4.69) is 12.1 Å². The molecular weight excluding hydrogens is 532 g/mol. The molecule has 0 saturated carbocycles. The smallest absolute Gasteiger partial charge is 0.338 e. The highest BCUT2D eigenvalue weighted by Gasteiger charge is 2.42. The molecule has 1 aliphatic rings. The Morgan fingerprint density at radius 3 is 1.36 bits per heavy atom. The first-order valence-electron chi connectivity index (χ1n) is 13.8. The summed E-state index contributed by atoms with van der Waals surface area (Å²) in [6.07, 6.45) is -1.19. The molecule has 7 nitrogen and oxygen atoms in total. The average molecular weight is 567 g/mol. The van der Waals surface area contributed by atoms with Gasteiger partial charge in [0.05, 0.1) is 18.2 Å². The summed E-state index contributed by atoms with van der Waals surface area (Å²) in [5.41, 5.74) is 6.10. The summed E-state index contributed by atoms with van der Waals surface area (Å²) in [6.45, 7) is 5.49. The van der Waals surface area contributed by atoms with Crippen molar-refractivity contribution >= 4 is 11.9 Å². The van der Waals surface area contributed by atoms with Crippen molar-refractivity contribution in [3.8, 4) is 28.0 Å². The molecule has 0 aliphatic carbocycles. The number of ether oxygens (including phenoxy) is 5.